The molecular formula is C18H25N3O3. The lowest BCUT2D eigenvalue weighted by Gasteiger charge is -2.23. The number of hydrogen-bond acceptors (Lipinski definition) is 3. The minimum Gasteiger partial charge on any atom is -0.396 e. The molecule has 0 saturated heterocycles. The molecule has 3 atom stereocenters. The third kappa shape index (κ3) is 4.35. The fourth-order valence-electron chi connectivity index (χ4n) is 2.60. The molecule has 0 spiro atoms. The molecule has 2 aromatic rings. The molecule has 24 heavy (non-hydrogen) atoms. The zero-order valence-corrected chi connectivity index (χ0v) is 14.3. The highest BCUT2D eigenvalue weighted by molar-refractivity contribution is 5.89. The van der Waals surface area contributed by atoms with E-state index in [1.807, 2.05) is 44.3 Å². The summed E-state index contributed by atoms with van der Waals surface area (Å²) in [7, 11) is 0. The summed E-state index contributed by atoms with van der Waals surface area (Å²) in [5, 5.41) is 15.8. The van der Waals surface area contributed by atoms with Crippen LogP contribution in [0.5, 0.6) is 0 Å². The molecule has 0 radical (unpaired) electrons. The number of rotatable bonds is 7. The number of amides is 2. The van der Waals surface area contributed by atoms with E-state index in [0.29, 0.717) is 6.42 Å². The fourth-order valence-corrected chi connectivity index (χ4v) is 2.60. The van der Waals surface area contributed by atoms with Crippen molar-refractivity contribution in [1.29, 1.82) is 0 Å². The van der Waals surface area contributed by atoms with Crippen molar-refractivity contribution in [2.45, 2.75) is 39.3 Å². The van der Waals surface area contributed by atoms with Crippen LogP contribution < -0.4 is 10.6 Å². The van der Waals surface area contributed by atoms with Gasteiger partial charge in [-0.3, -0.25) is 9.59 Å². The van der Waals surface area contributed by atoms with Gasteiger partial charge in [-0.05, 0) is 24.5 Å². The van der Waals surface area contributed by atoms with Gasteiger partial charge < -0.3 is 20.7 Å². The van der Waals surface area contributed by atoms with Gasteiger partial charge in [-0.15, -0.1) is 0 Å². The molecule has 0 aliphatic rings. The topological polar surface area (TPSA) is 94.2 Å². The number of nitrogens with one attached hydrogen (secondary N) is 3. The number of carbonyl (C=O) groups excluding carboxylic acids is 2. The summed E-state index contributed by atoms with van der Waals surface area (Å²) in [5.41, 5.74) is 1.97. The van der Waals surface area contributed by atoms with Crippen molar-refractivity contribution in [3.8, 4) is 0 Å². The third-order valence-corrected chi connectivity index (χ3v) is 4.30. The second kappa shape index (κ2) is 7.97. The van der Waals surface area contributed by atoms with Crippen LogP contribution in [0.1, 0.15) is 26.3 Å². The highest BCUT2D eigenvalue weighted by Gasteiger charge is 2.24. The molecule has 0 saturated carbocycles. The first-order valence-electron chi connectivity index (χ1n) is 8.15. The summed E-state index contributed by atoms with van der Waals surface area (Å²) in [5.74, 6) is -0.554. The monoisotopic (exact) mass is 331 g/mol. The second-order valence-corrected chi connectivity index (χ2v) is 6.27. The van der Waals surface area contributed by atoms with Crippen LogP contribution in [0.25, 0.3) is 10.9 Å². The molecule has 3 unspecified atom stereocenters. The second-order valence-electron chi connectivity index (χ2n) is 6.27. The molecule has 2 rings (SSSR count). The number of H-pyrrole nitrogens is 1. The summed E-state index contributed by atoms with van der Waals surface area (Å²) in [6, 6.07) is 7.01. The Morgan fingerprint density at radius 1 is 1.21 bits per heavy atom. The van der Waals surface area contributed by atoms with Crippen LogP contribution in [0.3, 0.4) is 0 Å². The first kappa shape index (κ1) is 18.0. The third-order valence-electron chi connectivity index (χ3n) is 4.30. The van der Waals surface area contributed by atoms with E-state index in [1.54, 1.807) is 0 Å². The van der Waals surface area contributed by atoms with E-state index >= 15 is 0 Å². The molecule has 1 aromatic carbocycles. The standard InChI is InChI=1S/C18H25N3O3/c1-11(10-22)12(2)20-18(24)17(21-13(3)23)8-14-9-19-16-7-5-4-6-15(14)16/h4-7,9,11-12,17,19,22H,8,10H2,1-3H3,(H,20,24)(H,21,23). The molecule has 6 nitrogen and oxygen atoms in total. The van der Waals surface area contributed by atoms with Crippen molar-refractivity contribution in [1.82, 2.24) is 15.6 Å². The van der Waals surface area contributed by atoms with Gasteiger partial charge in [-0.25, -0.2) is 0 Å². The van der Waals surface area contributed by atoms with Gasteiger partial charge in [0, 0.05) is 43.1 Å². The number of aliphatic hydroxyl groups is 1. The Kier molecular flexibility index (Phi) is 5.98. The van der Waals surface area contributed by atoms with E-state index in [2.05, 4.69) is 15.6 Å². The zero-order valence-electron chi connectivity index (χ0n) is 14.3. The molecule has 0 aliphatic heterocycles. The first-order chi connectivity index (χ1) is 11.4. The molecule has 0 fully saturated rings. The highest BCUT2D eigenvalue weighted by Crippen LogP contribution is 2.19. The Hall–Kier alpha value is -2.34. The zero-order chi connectivity index (χ0) is 17.7. The smallest absolute Gasteiger partial charge is 0.243 e. The number of fused-ring (bicyclic) bond motifs is 1. The summed E-state index contributed by atoms with van der Waals surface area (Å²) >= 11 is 0. The molecule has 0 aliphatic carbocycles. The van der Waals surface area contributed by atoms with Gasteiger partial charge in [0.1, 0.15) is 6.04 Å². The number of para-hydroxylation sites is 1. The lowest BCUT2D eigenvalue weighted by molar-refractivity contribution is -0.128. The Morgan fingerprint density at radius 2 is 1.92 bits per heavy atom. The number of benzene rings is 1. The summed E-state index contributed by atoms with van der Waals surface area (Å²) in [6.07, 6.45) is 2.27. The maximum Gasteiger partial charge on any atom is 0.243 e. The van der Waals surface area contributed by atoms with E-state index in [4.69, 9.17) is 0 Å². The Morgan fingerprint density at radius 3 is 2.58 bits per heavy atom. The average molecular weight is 331 g/mol. The van der Waals surface area contributed by atoms with Gasteiger partial charge in [0.25, 0.3) is 0 Å². The normalized spacial score (nSPS) is 14.8. The van der Waals surface area contributed by atoms with Gasteiger partial charge in [0.05, 0.1) is 0 Å². The maximum absolute atomic E-state index is 12.6. The van der Waals surface area contributed by atoms with Crippen LogP contribution in [0.4, 0.5) is 0 Å². The van der Waals surface area contributed by atoms with Crippen molar-refractivity contribution in [2.24, 2.45) is 5.92 Å². The van der Waals surface area contributed by atoms with Crippen LogP contribution in [0.2, 0.25) is 0 Å². The molecular weight excluding hydrogens is 306 g/mol. The van der Waals surface area contributed by atoms with Gasteiger partial charge in [0.15, 0.2) is 0 Å². The van der Waals surface area contributed by atoms with Crippen LogP contribution in [-0.2, 0) is 16.0 Å². The molecule has 130 valence electrons. The van der Waals surface area contributed by atoms with Gasteiger partial charge in [-0.2, -0.15) is 0 Å². The van der Waals surface area contributed by atoms with E-state index in [0.717, 1.165) is 16.5 Å². The summed E-state index contributed by atoms with van der Waals surface area (Å²) in [4.78, 5) is 27.2. The molecule has 1 heterocycles. The van der Waals surface area contributed by atoms with Crippen LogP contribution in [-0.4, -0.2) is 40.6 Å². The van der Waals surface area contributed by atoms with Crippen molar-refractivity contribution in [3.63, 3.8) is 0 Å². The first-order valence-corrected chi connectivity index (χ1v) is 8.15. The predicted molar refractivity (Wildman–Crippen MR) is 93.5 cm³/mol. The van der Waals surface area contributed by atoms with Crippen molar-refractivity contribution >= 4 is 22.7 Å². The van der Waals surface area contributed by atoms with Crippen LogP contribution in [0, 0.1) is 5.92 Å². The van der Waals surface area contributed by atoms with Gasteiger partial charge in [-0.1, -0.05) is 25.1 Å². The van der Waals surface area contributed by atoms with E-state index in [1.165, 1.54) is 6.92 Å². The largest absolute Gasteiger partial charge is 0.396 e. The fraction of sp³-hybridized carbons (Fsp3) is 0.444. The SMILES string of the molecule is CC(=O)NC(Cc1c[nH]c2ccccc12)C(=O)NC(C)C(C)CO. The molecule has 2 amide bonds. The number of hydrogen-bond donors (Lipinski definition) is 4. The van der Waals surface area contributed by atoms with Crippen molar-refractivity contribution in [3.05, 3.63) is 36.0 Å². The minimum absolute atomic E-state index is 0.00526. The Bertz CT molecular complexity index is 710. The summed E-state index contributed by atoms with van der Waals surface area (Å²) < 4.78 is 0. The summed E-state index contributed by atoms with van der Waals surface area (Å²) in [6.45, 7) is 5.09. The van der Waals surface area contributed by atoms with E-state index < -0.39 is 6.04 Å². The lowest BCUT2D eigenvalue weighted by Crippen LogP contribution is -2.51. The molecule has 6 heteroatoms. The lowest BCUT2D eigenvalue weighted by atomic mass is 10.0. The average Bonchev–Trinajstić information content (AvgIpc) is 2.96. The number of aromatic nitrogens is 1. The minimum atomic E-state index is -0.657. The number of aliphatic hydroxyl groups excluding tert-OH is 1. The van der Waals surface area contributed by atoms with Crippen LogP contribution >= 0.6 is 0 Å². The predicted octanol–water partition coefficient (Wildman–Crippen LogP) is 1.35. The van der Waals surface area contributed by atoms with Gasteiger partial charge in [0.2, 0.25) is 11.8 Å². The van der Waals surface area contributed by atoms with Crippen molar-refractivity contribution < 1.29 is 14.7 Å². The maximum atomic E-state index is 12.6. The quantitative estimate of drug-likeness (QED) is 0.617. The Labute approximate surface area is 141 Å². The van der Waals surface area contributed by atoms with Crippen LogP contribution in [0.15, 0.2) is 30.5 Å². The number of carbonyl (C=O) groups is 2. The van der Waals surface area contributed by atoms with E-state index in [-0.39, 0.29) is 30.4 Å². The van der Waals surface area contributed by atoms with Crippen molar-refractivity contribution in [2.75, 3.05) is 6.61 Å². The highest BCUT2D eigenvalue weighted by atomic mass is 16.3. The van der Waals surface area contributed by atoms with E-state index in [9.17, 15) is 14.7 Å². The van der Waals surface area contributed by atoms with Gasteiger partial charge >= 0.3 is 0 Å². The molecule has 0 bridgehead atoms. The number of aromatic amines is 1. The Balaban J connectivity index is 2.16. The molecule has 4 N–H and O–H groups in total. The molecule has 1 aromatic heterocycles.